The molecule has 0 aliphatic heterocycles. The third-order valence-electron chi connectivity index (χ3n) is 3.12. The molecule has 4 heteroatoms. The quantitative estimate of drug-likeness (QED) is 0.799. The SMILES string of the molecule is CCCNC(Cc1cc(Br)cs1)c1cc(C)oc1C. The molecule has 0 amide bonds. The zero-order valence-corrected chi connectivity index (χ0v) is 14.0. The number of hydrogen-bond donors (Lipinski definition) is 1. The number of thiophene rings is 1. The van der Waals surface area contributed by atoms with Crippen LogP contribution in [0.4, 0.5) is 0 Å². The van der Waals surface area contributed by atoms with Crippen molar-refractivity contribution < 1.29 is 4.42 Å². The minimum Gasteiger partial charge on any atom is -0.466 e. The summed E-state index contributed by atoms with van der Waals surface area (Å²) in [5.41, 5.74) is 1.29. The van der Waals surface area contributed by atoms with E-state index >= 15 is 0 Å². The van der Waals surface area contributed by atoms with Crippen molar-refractivity contribution in [2.24, 2.45) is 0 Å². The first-order chi connectivity index (χ1) is 9.10. The van der Waals surface area contributed by atoms with Crippen LogP contribution in [-0.4, -0.2) is 6.54 Å². The molecule has 0 fully saturated rings. The van der Waals surface area contributed by atoms with Crippen molar-refractivity contribution in [3.63, 3.8) is 0 Å². The van der Waals surface area contributed by atoms with E-state index in [0.717, 1.165) is 30.9 Å². The molecule has 19 heavy (non-hydrogen) atoms. The molecule has 0 aromatic carbocycles. The molecule has 104 valence electrons. The third-order valence-corrected chi connectivity index (χ3v) is 4.84. The number of furan rings is 1. The standard InChI is InChI=1S/C15H20BrNOS/c1-4-5-17-15(8-13-7-12(16)9-19-13)14-6-10(2)18-11(14)3/h6-7,9,15,17H,4-5,8H2,1-3H3. The van der Waals surface area contributed by atoms with Gasteiger partial charge in [0.15, 0.2) is 0 Å². The molecule has 0 saturated carbocycles. The van der Waals surface area contributed by atoms with Gasteiger partial charge in [-0.3, -0.25) is 0 Å². The van der Waals surface area contributed by atoms with Crippen molar-refractivity contribution in [3.05, 3.63) is 43.9 Å². The van der Waals surface area contributed by atoms with E-state index in [-0.39, 0.29) is 0 Å². The lowest BCUT2D eigenvalue weighted by molar-refractivity contribution is 0.481. The summed E-state index contributed by atoms with van der Waals surface area (Å²) in [5, 5.41) is 5.77. The Balaban J connectivity index is 2.18. The average Bonchev–Trinajstić information content (AvgIpc) is 2.91. The van der Waals surface area contributed by atoms with Gasteiger partial charge >= 0.3 is 0 Å². The number of halogens is 1. The minimum atomic E-state index is 0.336. The fourth-order valence-electron chi connectivity index (χ4n) is 2.27. The van der Waals surface area contributed by atoms with Crippen LogP contribution in [0.2, 0.25) is 0 Å². The van der Waals surface area contributed by atoms with E-state index in [4.69, 9.17) is 4.42 Å². The van der Waals surface area contributed by atoms with Gasteiger partial charge in [0.05, 0.1) is 0 Å². The van der Waals surface area contributed by atoms with Gasteiger partial charge in [-0.15, -0.1) is 11.3 Å². The van der Waals surface area contributed by atoms with Crippen LogP contribution in [0.5, 0.6) is 0 Å². The molecule has 0 radical (unpaired) electrons. The lowest BCUT2D eigenvalue weighted by Gasteiger charge is -2.17. The van der Waals surface area contributed by atoms with E-state index in [1.165, 1.54) is 14.9 Å². The number of rotatable bonds is 6. The maximum absolute atomic E-state index is 5.67. The summed E-state index contributed by atoms with van der Waals surface area (Å²) in [6.45, 7) is 7.28. The maximum atomic E-state index is 5.67. The van der Waals surface area contributed by atoms with Gasteiger partial charge in [-0.2, -0.15) is 0 Å². The van der Waals surface area contributed by atoms with Crippen LogP contribution < -0.4 is 5.32 Å². The lowest BCUT2D eigenvalue weighted by atomic mass is 10.0. The second-order valence-corrected chi connectivity index (χ2v) is 6.72. The summed E-state index contributed by atoms with van der Waals surface area (Å²) in [7, 11) is 0. The Hall–Kier alpha value is -0.580. The van der Waals surface area contributed by atoms with E-state index in [2.05, 4.69) is 45.7 Å². The molecule has 1 unspecified atom stereocenters. The number of nitrogens with one attached hydrogen (secondary N) is 1. The molecule has 2 aromatic rings. The zero-order valence-electron chi connectivity index (χ0n) is 11.6. The Bertz CT molecular complexity index is 532. The van der Waals surface area contributed by atoms with Crippen LogP contribution in [0.25, 0.3) is 0 Å². The predicted octanol–water partition coefficient (Wildman–Crippen LogP) is 5.00. The molecule has 2 aromatic heterocycles. The van der Waals surface area contributed by atoms with Crippen molar-refractivity contribution in [3.8, 4) is 0 Å². The minimum absolute atomic E-state index is 0.336. The van der Waals surface area contributed by atoms with Crippen LogP contribution >= 0.6 is 27.3 Å². The van der Waals surface area contributed by atoms with Gasteiger partial charge in [-0.1, -0.05) is 6.92 Å². The third kappa shape index (κ3) is 3.94. The molecule has 2 heterocycles. The van der Waals surface area contributed by atoms with Crippen LogP contribution in [0.3, 0.4) is 0 Å². The lowest BCUT2D eigenvalue weighted by Crippen LogP contribution is -2.24. The molecule has 0 aliphatic carbocycles. The molecular formula is C15H20BrNOS. The van der Waals surface area contributed by atoms with Crippen LogP contribution in [0.15, 0.2) is 26.4 Å². The summed E-state index contributed by atoms with van der Waals surface area (Å²) in [5.74, 6) is 2.02. The van der Waals surface area contributed by atoms with Crippen molar-refractivity contribution >= 4 is 27.3 Å². The fraction of sp³-hybridized carbons (Fsp3) is 0.467. The van der Waals surface area contributed by atoms with Gasteiger partial charge in [-0.05, 0) is 54.9 Å². The molecule has 0 spiro atoms. The molecule has 2 nitrogen and oxygen atoms in total. The summed E-state index contributed by atoms with van der Waals surface area (Å²) < 4.78 is 6.84. The summed E-state index contributed by atoms with van der Waals surface area (Å²) in [6, 6.07) is 4.70. The summed E-state index contributed by atoms with van der Waals surface area (Å²) in [6.07, 6.45) is 2.15. The highest BCUT2D eigenvalue weighted by Gasteiger charge is 2.17. The van der Waals surface area contributed by atoms with Crippen molar-refractivity contribution in [2.45, 2.75) is 39.7 Å². The van der Waals surface area contributed by atoms with Gasteiger partial charge < -0.3 is 9.73 Å². The Morgan fingerprint density at radius 3 is 2.68 bits per heavy atom. The zero-order chi connectivity index (χ0) is 13.8. The van der Waals surface area contributed by atoms with E-state index in [9.17, 15) is 0 Å². The Labute approximate surface area is 127 Å². The highest BCUT2D eigenvalue weighted by atomic mass is 79.9. The van der Waals surface area contributed by atoms with Gasteiger partial charge in [-0.25, -0.2) is 0 Å². The highest BCUT2D eigenvalue weighted by molar-refractivity contribution is 9.10. The first-order valence-corrected chi connectivity index (χ1v) is 8.30. The normalized spacial score (nSPS) is 12.8. The second kappa shape index (κ2) is 6.73. The van der Waals surface area contributed by atoms with Crippen molar-refractivity contribution in [1.29, 1.82) is 0 Å². The maximum Gasteiger partial charge on any atom is 0.105 e. The first-order valence-electron chi connectivity index (χ1n) is 6.63. The summed E-state index contributed by atoms with van der Waals surface area (Å²) in [4.78, 5) is 1.39. The van der Waals surface area contributed by atoms with Gasteiger partial charge in [0, 0.05) is 32.8 Å². The topological polar surface area (TPSA) is 25.2 Å². The highest BCUT2D eigenvalue weighted by Crippen LogP contribution is 2.28. The molecule has 1 atom stereocenters. The Morgan fingerprint density at radius 2 is 2.16 bits per heavy atom. The largest absolute Gasteiger partial charge is 0.466 e. The molecule has 1 N–H and O–H groups in total. The van der Waals surface area contributed by atoms with Crippen LogP contribution in [0.1, 0.15) is 41.3 Å². The Morgan fingerprint density at radius 1 is 1.37 bits per heavy atom. The van der Waals surface area contributed by atoms with Crippen molar-refractivity contribution in [2.75, 3.05) is 6.54 Å². The second-order valence-electron chi connectivity index (χ2n) is 4.81. The van der Waals surface area contributed by atoms with E-state index < -0.39 is 0 Å². The van der Waals surface area contributed by atoms with Crippen LogP contribution in [-0.2, 0) is 6.42 Å². The molecule has 0 saturated heterocycles. The van der Waals surface area contributed by atoms with Gasteiger partial charge in [0.1, 0.15) is 11.5 Å². The molecule has 0 bridgehead atoms. The first kappa shape index (κ1) is 14.8. The average molecular weight is 342 g/mol. The van der Waals surface area contributed by atoms with Gasteiger partial charge in [0.25, 0.3) is 0 Å². The van der Waals surface area contributed by atoms with E-state index in [0.29, 0.717) is 6.04 Å². The smallest absolute Gasteiger partial charge is 0.105 e. The van der Waals surface area contributed by atoms with E-state index in [1.807, 2.05) is 13.8 Å². The molecule has 0 aliphatic rings. The molecule has 2 rings (SSSR count). The predicted molar refractivity (Wildman–Crippen MR) is 84.9 cm³/mol. The fourth-order valence-corrected chi connectivity index (χ4v) is 3.77. The summed E-state index contributed by atoms with van der Waals surface area (Å²) >= 11 is 5.32. The van der Waals surface area contributed by atoms with Crippen LogP contribution in [0, 0.1) is 13.8 Å². The van der Waals surface area contributed by atoms with E-state index in [1.54, 1.807) is 11.3 Å². The monoisotopic (exact) mass is 341 g/mol. The number of hydrogen-bond acceptors (Lipinski definition) is 3. The Kier molecular flexibility index (Phi) is 5.25. The number of aryl methyl sites for hydroxylation is 2. The van der Waals surface area contributed by atoms with Gasteiger partial charge in [0.2, 0.25) is 0 Å². The van der Waals surface area contributed by atoms with Crippen molar-refractivity contribution in [1.82, 2.24) is 5.32 Å². The molecular weight excluding hydrogens is 322 g/mol.